The SMILES string of the molecule is CN(C)CCc1c[nH]c2ccc(OCc3ccccc3)c(Cl)c12. The number of fused-ring (bicyclic) bond motifs is 1. The van der Waals surface area contributed by atoms with Gasteiger partial charge in [-0.05, 0) is 43.8 Å². The first-order valence-electron chi connectivity index (χ1n) is 7.75. The molecule has 1 heterocycles. The molecule has 0 bridgehead atoms. The Balaban J connectivity index is 1.83. The van der Waals surface area contributed by atoms with Crippen molar-refractivity contribution in [3.05, 3.63) is 64.8 Å². The smallest absolute Gasteiger partial charge is 0.139 e. The molecule has 1 N–H and O–H groups in total. The maximum Gasteiger partial charge on any atom is 0.139 e. The number of hydrogen-bond donors (Lipinski definition) is 1. The molecule has 3 nitrogen and oxygen atoms in total. The van der Waals surface area contributed by atoms with E-state index in [1.165, 1.54) is 5.56 Å². The Hall–Kier alpha value is -1.97. The number of hydrogen-bond acceptors (Lipinski definition) is 2. The summed E-state index contributed by atoms with van der Waals surface area (Å²) in [7, 11) is 4.15. The minimum atomic E-state index is 0.517. The van der Waals surface area contributed by atoms with Gasteiger partial charge < -0.3 is 14.6 Å². The minimum absolute atomic E-state index is 0.517. The predicted molar refractivity (Wildman–Crippen MR) is 96.3 cm³/mol. The molecule has 0 spiro atoms. The zero-order chi connectivity index (χ0) is 16.2. The number of halogens is 1. The van der Waals surface area contributed by atoms with Gasteiger partial charge in [0.05, 0.1) is 5.02 Å². The molecule has 3 aromatic rings. The number of benzene rings is 2. The van der Waals surface area contributed by atoms with Crippen LogP contribution in [0.1, 0.15) is 11.1 Å². The Morgan fingerprint density at radius 1 is 1.09 bits per heavy atom. The first-order valence-corrected chi connectivity index (χ1v) is 8.13. The number of ether oxygens (including phenoxy) is 1. The summed E-state index contributed by atoms with van der Waals surface area (Å²) in [4.78, 5) is 5.46. The van der Waals surface area contributed by atoms with Crippen LogP contribution in [0.4, 0.5) is 0 Å². The van der Waals surface area contributed by atoms with Gasteiger partial charge in [-0.2, -0.15) is 0 Å². The molecule has 2 aromatic carbocycles. The Morgan fingerprint density at radius 3 is 2.61 bits per heavy atom. The standard InChI is InChI=1S/C19H21ClN2O/c1-22(2)11-10-15-12-21-16-8-9-17(19(20)18(15)16)23-13-14-6-4-3-5-7-14/h3-9,12,21H,10-11,13H2,1-2H3. The number of H-pyrrole nitrogens is 1. The zero-order valence-electron chi connectivity index (χ0n) is 13.5. The molecular formula is C19H21ClN2O. The molecule has 0 aliphatic heterocycles. The van der Waals surface area contributed by atoms with Crippen LogP contribution < -0.4 is 4.74 Å². The van der Waals surface area contributed by atoms with Crippen LogP contribution in [-0.2, 0) is 13.0 Å². The second-order valence-corrected chi connectivity index (χ2v) is 6.32. The molecular weight excluding hydrogens is 308 g/mol. The molecule has 0 atom stereocenters. The van der Waals surface area contributed by atoms with E-state index >= 15 is 0 Å². The highest BCUT2D eigenvalue weighted by molar-refractivity contribution is 6.37. The van der Waals surface area contributed by atoms with Gasteiger partial charge >= 0.3 is 0 Å². The van der Waals surface area contributed by atoms with Crippen molar-refractivity contribution in [1.29, 1.82) is 0 Å². The van der Waals surface area contributed by atoms with E-state index in [0.29, 0.717) is 11.6 Å². The number of nitrogens with zero attached hydrogens (tertiary/aromatic N) is 1. The first-order chi connectivity index (χ1) is 11.1. The van der Waals surface area contributed by atoms with Gasteiger partial charge in [-0.25, -0.2) is 0 Å². The lowest BCUT2D eigenvalue weighted by molar-refractivity contribution is 0.307. The quantitative estimate of drug-likeness (QED) is 0.721. The second kappa shape index (κ2) is 7.07. The number of aromatic nitrogens is 1. The van der Waals surface area contributed by atoms with E-state index in [1.54, 1.807) is 0 Å². The van der Waals surface area contributed by atoms with Crippen LogP contribution in [0.25, 0.3) is 10.9 Å². The monoisotopic (exact) mass is 328 g/mol. The van der Waals surface area contributed by atoms with Crippen LogP contribution >= 0.6 is 11.6 Å². The molecule has 0 unspecified atom stereocenters. The molecule has 0 aliphatic carbocycles. The van der Waals surface area contributed by atoms with Gasteiger partial charge in [-0.15, -0.1) is 0 Å². The number of nitrogens with one attached hydrogen (secondary N) is 1. The van der Waals surface area contributed by atoms with E-state index < -0.39 is 0 Å². The van der Waals surface area contributed by atoms with Crippen LogP contribution in [0.2, 0.25) is 5.02 Å². The first kappa shape index (κ1) is 15.9. The summed E-state index contributed by atoms with van der Waals surface area (Å²) in [6.45, 7) is 1.50. The lowest BCUT2D eigenvalue weighted by atomic mass is 10.1. The molecule has 0 amide bonds. The van der Waals surface area contributed by atoms with Crippen LogP contribution in [0.3, 0.4) is 0 Å². The average molecular weight is 329 g/mol. The minimum Gasteiger partial charge on any atom is -0.487 e. The molecule has 0 radical (unpaired) electrons. The maximum atomic E-state index is 6.61. The van der Waals surface area contributed by atoms with Gasteiger partial charge in [0.15, 0.2) is 0 Å². The fourth-order valence-electron chi connectivity index (χ4n) is 2.62. The van der Waals surface area contributed by atoms with Gasteiger partial charge in [-0.3, -0.25) is 0 Å². The molecule has 4 heteroatoms. The van der Waals surface area contributed by atoms with Crippen LogP contribution in [0.5, 0.6) is 5.75 Å². The van der Waals surface area contributed by atoms with Crippen LogP contribution in [0.15, 0.2) is 48.7 Å². The van der Waals surface area contributed by atoms with Gasteiger partial charge in [0.2, 0.25) is 0 Å². The lowest BCUT2D eigenvalue weighted by Crippen LogP contribution is -2.14. The van der Waals surface area contributed by atoms with E-state index in [0.717, 1.165) is 35.2 Å². The molecule has 3 rings (SSSR count). The number of likely N-dealkylation sites (N-methyl/N-ethyl adjacent to an activating group) is 1. The Bertz CT molecular complexity index is 781. The van der Waals surface area contributed by atoms with E-state index in [2.05, 4.69) is 24.0 Å². The van der Waals surface area contributed by atoms with E-state index in [4.69, 9.17) is 16.3 Å². The molecule has 1 aromatic heterocycles. The van der Waals surface area contributed by atoms with Crippen LogP contribution in [-0.4, -0.2) is 30.5 Å². The Kier molecular flexibility index (Phi) is 4.89. The summed E-state index contributed by atoms with van der Waals surface area (Å²) >= 11 is 6.61. The molecule has 0 saturated carbocycles. The van der Waals surface area contributed by atoms with Gasteiger partial charge in [-0.1, -0.05) is 41.9 Å². The molecule has 23 heavy (non-hydrogen) atoms. The van der Waals surface area contributed by atoms with Crippen LogP contribution in [0, 0.1) is 0 Å². The van der Waals surface area contributed by atoms with Crippen molar-refractivity contribution in [3.8, 4) is 5.75 Å². The summed E-state index contributed by atoms with van der Waals surface area (Å²) in [6.07, 6.45) is 3.00. The number of aromatic amines is 1. The third-order valence-electron chi connectivity index (χ3n) is 3.90. The predicted octanol–water partition coefficient (Wildman–Crippen LogP) is 4.50. The highest BCUT2D eigenvalue weighted by atomic mass is 35.5. The largest absolute Gasteiger partial charge is 0.487 e. The Morgan fingerprint density at radius 2 is 1.87 bits per heavy atom. The topological polar surface area (TPSA) is 28.3 Å². The number of rotatable bonds is 6. The Labute approximate surface area is 141 Å². The van der Waals surface area contributed by atoms with Gasteiger partial charge in [0, 0.05) is 23.6 Å². The zero-order valence-corrected chi connectivity index (χ0v) is 14.2. The van der Waals surface area contributed by atoms with Crippen molar-refractivity contribution in [1.82, 2.24) is 9.88 Å². The van der Waals surface area contributed by atoms with Crippen molar-refractivity contribution < 1.29 is 4.74 Å². The highest BCUT2D eigenvalue weighted by Gasteiger charge is 2.12. The highest BCUT2D eigenvalue weighted by Crippen LogP contribution is 2.35. The van der Waals surface area contributed by atoms with Crippen molar-refractivity contribution in [2.75, 3.05) is 20.6 Å². The molecule has 0 aliphatic rings. The summed E-state index contributed by atoms with van der Waals surface area (Å²) in [6, 6.07) is 14.1. The third kappa shape index (κ3) is 3.69. The average Bonchev–Trinajstić information content (AvgIpc) is 2.97. The molecule has 0 fully saturated rings. The fraction of sp³-hybridized carbons (Fsp3) is 0.263. The summed E-state index contributed by atoms with van der Waals surface area (Å²) in [5, 5.41) is 1.76. The van der Waals surface area contributed by atoms with Crippen molar-refractivity contribution in [3.63, 3.8) is 0 Å². The van der Waals surface area contributed by atoms with E-state index in [-0.39, 0.29) is 0 Å². The van der Waals surface area contributed by atoms with Gasteiger partial charge in [0.25, 0.3) is 0 Å². The van der Waals surface area contributed by atoms with E-state index in [1.807, 2.05) is 48.7 Å². The summed E-state index contributed by atoms with van der Waals surface area (Å²) < 4.78 is 5.92. The van der Waals surface area contributed by atoms with Gasteiger partial charge in [0.1, 0.15) is 12.4 Å². The summed E-state index contributed by atoms with van der Waals surface area (Å²) in [5.74, 6) is 0.730. The summed E-state index contributed by atoms with van der Waals surface area (Å²) in [5.41, 5.74) is 3.41. The second-order valence-electron chi connectivity index (χ2n) is 5.94. The lowest BCUT2D eigenvalue weighted by Gasteiger charge is -2.11. The van der Waals surface area contributed by atoms with Crippen molar-refractivity contribution in [2.24, 2.45) is 0 Å². The van der Waals surface area contributed by atoms with Crippen molar-refractivity contribution >= 4 is 22.5 Å². The maximum absolute atomic E-state index is 6.61. The molecule has 0 saturated heterocycles. The third-order valence-corrected chi connectivity index (χ3v) is 4.27. The normalized spacial score (nSPS) is 11.3. The van der Waals surface area contributed by atoms with E-state index in [9.17, 15) is 0 Å². The molecule has 120 valence electrons. The van der Waals surface area contributed by atoms with Crippen molar-refractivity contribution in [2.45, 2.75) is 13.0 Å². The fourth-order valence-corrected chi connectivity index (χ4v) is 2.96.